The van der Waals surface area contributed by atoms with Gasteiger partial charge in [0.25, 0.3) is 0 Å². The summed E-state index contributed by atoms with van der Waals surface area (Å²) in [6, 6.07) is 6.18. The molecule has 0 saturated carbocycles. The molecule has 1 aromatic carbocycles. The summed E-state index contributed by atoms with van der Waals surface area (Å²) in [5.41, 5.74) is 1.22. The smallest absolute Gasteiger partial charge is 0.162 e. The molecule has 0 amide bonds. The average Bonchev–Trinajstić information content (AvgIpc) is 2.46. The summed E-state index contributed by atoms with van der Waals surface area (Å²) in [7, 11) is 3.35. The van der Waals surface area contributed by atoms with Crippen LogP contribution in [0.25, 0.3) is 0 Å². The Bertz CT molecular complexity index is 358. The van der Waals surface area contributed by atoms with Crippen molar-refractivity contribution in [2.75, 3.05) is 32.2 Å². The molecule has 1 rings (SSSR count). The lowest BCUT2D eigenvalue weighted by molar-refractivity contribution is 0.355. The van der Waals surface area contributed by atoms with Gasteiger partial charge in [-0.2, -0.15) is 0 Å². The molecule has 0 aromatic heterocycles. The van der Waals surface area contributed by atoms with Gasteiger partial charge in [0.1, 0.15) is 0 Å². The maximum Gasteiger partial charge on any atom is 0.162 e. The van der Waals surface area contributed by atoms with Gasteiger partial charge in [0.15, 0.2) is 11.5 Å². The topological polar surface area (TPSA) is 21.7 Å². The van der Waals surface area contributed by atoms with E-state index < -0.39 is 0 Å². The molecule has 0 atom stereocenters. The molecule has 3 heteroatoms. The number of nitrogens with zero attached hydrogens (tertiary/aromatic N) is 1. The molecule has 0 aliphatic carbocycles. The lowest BCUT2D eigenvalue weighted by Gasteiger charge is -2.25. The van der Waals surface area contributed by atoms with Crippen LogP contribution < -0.4 is 14.4 Å². The number of ether oxygens (including phenoxy) is 2. The fourth-order valence-corrected chi connectivity index (χ4v) is 2.09. The maximum absolute atomic E-state index is 5.38. The van der Waals surface area contributed by atoms with E-state index in [-0.39, 0.29) is 0 Å². The molecule has 19 heavy (non-hydrogen) atoms. The second kappa shape index (κ2) is 8.68. The second-order valence-corrected chi connectivity index (χ2v) is 4.73. The predicted molar refractivity (Wildman–Crippen MR) is 81.6 cm³/mol. The molecule has 0 unspecified atom stereocenters. The largest absolute Gasteiger partial charge is 0.493 e. The van der Waals surface area contributed by atoms with E-state index in [2.05, 4.69) is 30.9 Å². The van der Waals surface area contributed by atoms with Crippen molar-refractivity contribution in [2.45, 2.75) is 39.5 Å². The van der Waals surface area contributed by atoms with Crippen molar-refractivity contribution in [2.24, 2.45) is 0 Å². The van der Waals surface area contributed by atoms with Crippen molar-refractivity contribution in [3.63, 3.8) is 0 Å². The van der Waals surface area contributed by atoms with E-state index >= 15 is 0 Å². The molecule has 1 aromatic rings. The standard InChI is InChI=1S/C16H27NO2/c1-5-7-11-17(12-8-6-2)14-9-10-15(18-3)16(13-14)19-4/h9-10,13H,5-8,11-12H2,1-4H3. The molecule has 0 N–H and O–H groups in total. The molecule has 0 aliphatic rings. The minimum Gasteiger partial charge on any atom is -0.493 e. The lowest BCUT2D eigenvalue weighted by Crippen LogP contribution is -2.25. The normalized spacial score (nSPS) is 10.3. The highest BCUT2D eigenvalue weighted by atomic mass is 16.5. The third kappa shape index (κ3) is 4.66. The summed E-state index contributed by atoms with van der Waals surface area (Å²) in [6.45, 7) is 6.66. The van der Waals surface area contributed by atoms with Gasteiger partial charge in [0, 0.05) is 24.8 Å². The van der Waals surface area contributed by atoms with Crippen LogP contribution in [-0.4, -0.2) is 27.3 Å². The molecule has 0 aliphatic heterocycles. The van der Waals surface area contributed by atoms with Crippen LogP contribution in [0.4, 0.5) is 5.69 Å². The first-order chi connectivity index (χ1) is 9.26. The summed E-state index contributed by atoms with van der Waals surface area (Å²) in [4.78, 5) is 2.44. The quantitative estimate of drug-likeness (QED) is 0.670. The zero-order valence-corrected chi connectivity index (χ0v) is 12.7. The van der Waals surface area contributed by atoms with Crippen LogP contribution >= 0.6 is 0 Å². The first-order valence-corrected chi connectivity index (χ1v) is 7.23. The van der Waals surface area contributed by atoms with Crippen molar-refractivity contribution >= 4 is 5.69 Å². The molecule has 0 spiro atoms. The molecule has 3 nitrogen and oxygen atoms in total. The van der Waals surface area contributed by atoms with Crippen molar-refractivity contribution in [1.29, 1.82) is 0 Å². The first-order valence-electron chi connectivity index (χ1n) is 7.23. The van der Waals surface area contributed by atoms with Gasteiger partial charge in [-0.1, -0.05) is 26.7 Å². The summed E-state index contributed by atoms with van der Waals surface area (Å²) in [6.07, 6.45) is 4.88. The molecule has 0 radical (unpaired) electrons. The zero-order chi connectivity index (χ0) is 14.1. The molecule has 0 fully saturated rings. The molecule has 0 heterocycles. The van der Waals surface area contributed by atoms with Crippen LogP contribution in [-0.2, 0) is 0 Å². The molecule has 0 saturated heterocycles. The van der Waals surface area contributed by atoms with Crippen LogP contribution in [0.3, 0.4) is 0 Å². The van der Waals surface area contributed by atoms with E-state index in [0.717, 1.165) is 24.6 Å². The van der Waals surface area contributed by atoms with E-state index in [9.17, 15) is 0 Å². The molecular weight excluding hydrogens is 238 g/mol. The SMILES string of the molecule is CCCCN(CCCC)c1ccc(OC)c(OC)c1. The Morgan fingerprint density at radius 2 is 1.47 bits per heavy atom. The zero-order valence-electron chi connectivity index (χ0n) is 12.7. The highest BCUT2D eigenvalue weighted by molar-refractivity contribution is 5.56. The number of hydrogen-bond donors (Lipinski definition) is 0. The van der Waals surface area contributed by atoms with E-state index in [0.29, 0.717) is 0 Å². The monoisotopic (exact) mass is 265 g/mol. The van der Waals surface area contributed by atoms with Crippen LogP contribution in [0.1, 0.15) is 39.5 Å². The highest BCUT2D eigenvalue weighted by Crippen LogP contribution is 2.31. The van der Waals surface area contributed by atoms with Gasteiger partial charge < -0.3 is 14.4 Å². The van der Waals surface area contributed by atoms with Crippen LogP contribution in [0, 0.1) is 0 Å². The Balaban J connectivity index is 2.87. The Hall–Kier alpha value is -1.38. The lowest BCUT2D eigenvalue weighted by atomic mass is 10.2. The minimum atomic E-state index is 0.789. The van der Waals surface area contributed by atoms with Crippen LogP contribution in [0.2, 0.25) is 0 Å². The maximum atomic E-state index is 5.38. The molecule has 108 valence electrons. The number of hydrogen-bond acceptors (Lipinski definition) is 3. The predicted octanol–water partition coefficient (Wildman–Crippen LogP) is 4.11. The molecule has 0 bridgehead atoms. The van der Waals surface area contributed by atoms with Crippen molar-refractivity contribution in [1.82, 2.24) is 0 Å². The van der Waals surface area contributed by atoms with Gasteiger partial charge in [0.05, 0.1) is 14.2 Å². The highest BCUT2D eigenvalue weighted by Gasteiger charge is 2.10. The minimum absolute atomic E-state index is 0.789. The van der Waals surface area contributed by atoms with Crippen molar-refractivity contribution < 1.29 is 9.47 Å². The van der Waals surface area contributed by atoms with Gasteiger partial charge in [-0.05, 0) is 25.0 Å². The number of benzene rings is 1. The summed E-state index contributed by atoms with van der Waals surface area (Å²) in [5.74, 6) is 1.59. The Morgan fingerprint density at radius 3 is 1.95 bits per heavy atom. The Morgan fingerprint density at radius 1 is 0.895 bits per heavy atom. The fraction of sp³-hybridized carbons (Fsp3) is 0.625. The second-order valence-electron chi connectivity index (χ2n) is 4.73. The third-order valence-electron chi connectivity index (χ3n) is 3.30. The number of unbranched alkanes of at least 4 members (excludes halogenated alkanes) is 2. The van der Waals surface area contributed by atoms with Gasteiger partial charge in [-0.3, -0.25) is 0 Å². The van der Waals surface area contributed by atoms with Gasteiger partial charge >= 0.3 is 0 Å². The van der Waals surface area contributed by atoms with Crippen LogP contribution in [0.15, 0.2) is 18.2 Å². The van der Waals surface area contributed by atoms with E-state index in [1.54, 1.807) is 14.2 Å². The van der Waals surface area contributed by atoms with E-state index in [4.69, 9.17) is 9.47 Å². The third-order valence-corrected chi connectivity index (χ3v) is 3.30. The average molecular weight is 265 g/mol. The van der Waals surface area contributed by atoms with Gasteiger partial charge in [-0.15, -0.1) is 0 Å². The number of rotatable bonds is 9. The van der Waals surface area contributed by atoms with E-state index in [1.807, 2.05) is 6.07 Å². The van der Waals surface area contributed by atoms with Gasteiger partial charge in [-0.25, -0.2) is 0 Å². The fourth-order valence-electron chi connectivity index (χ4n) is 2.09. The Kier molecular flexibility index (Phi) is 7.16. The number of methoxy groups -OCH3 is 2. The summed E-state index contributed by atoms with van der Waals surface area (Å²) < 4.78 is 10.7. The molecular formula is C16H27NO2. The van der Waals surface area contributed by atoms with Crippen molar-refractivity contribution in [3.8, 4) is 11.5 Å². The first kappa shape index (κ1) is 15.7. The van der Waals surface area contributed by atoms with Crippen LogP contribution in [0.5, 0.6) is 11.5 Å². The summed E-state index contributed by atoms with van der Waals surface area (Å²) >= 11 is 0. The number of anilines is 1. The van der Waals surface area contributed by atoms with Gasteiger partial charge in [0.2, 0.25) is 0 Å². The van der Waals surface area contributed by atoms with Crippen molar-refractivity contribution in [3.05, 3.63) is 18.2 Å². The summed E-state index contributed by atoms with van der Waals surface area (Å²) in [5, 5.41) is 0. The van der Waals surface area contributed by atoms with E-state index in [1.165, 1.54) is 31.4 Å². The Labute approximate surface area is 117 Å².